The summed E-state index contributed by atoms with van der Waals surface area (Å²) >= 11 is 10.2. The number of rotatable bonds is 5. The van der Waals surface area contributed by atoms with E-state index in [9.17, 15) is 18.4 Å². The summed E-state index contributed by atoms with van der Waals surface area (Å²) < 4.78 is 27.7. The molecule has 29 heavy (non-hydrogen) atoms. The SMILES string of the molecule is Cc1cc(NC(=O)c2ccc(F)cc2Cl)sc1C(=O)NCc1cc(Br)ccc1F. The average molecular weight is 500 g/mol. The van der Waals surface area contributed by atoms with E-state index in [1.807, 2.05) is 0 Å². The summed E-state index contributed by atoms with van der Waals surface area (Å²) in [6.07, 6.45) is 0. The summed E-state index contributed by atoms with van der Waals surface area (Å²) in [5.74, 6) is -1.86. The summed E-state index contributed by atoms with van der Waals surface area (Å²) in [7, 11) is 0. The Morgan fingerprint density at radius 3 is 2.59 bits per heavy atom. The van der Waals surface area contributed by atoms with Gasteiger partial charge < -0.3 is 10.6 Å². The van der Waals surface area contributed by atoms with Crippen molar-refractivity contribution < 1.29 is 18.4 Å². The second-order valence-electron chi connectivity index (χ2n) is 6.12. The number of hydrogen-bond acceptors (Lipinski definition) is 3. The number of hydrogen-bond donors (Lipinski definition) is 2. The second-order valence-corrected chi connectivity index (χ2v) is 8.49. The maximum atomic E-state index is 13.8. The second kappa shape index (κ2) is 9.02. The van der Waals surface area contributed by atoms with Crippen LogP contribution in [0, 0.1) is 18.6 Å². The van der Waals surface area contributed by atoms with Crippen molar-refractivity contribution in [2.75, 3.05) is 5.32 Å². The highest BCUT2D eigenvalue weighted by atomic mass is 79.9. The first-order chi connectivity index (χ1) is 13.7. The van der Waals surface area contributed by atoms with Gasteiger partial charge in [0.25, 0.3) is 11.8 Å². The first-order valence-electron chi connectivity index (χ1n) is 8.33. The first kappa shape index (κ1) is 21.4. The highest BCUT2D eigenvalue weighted by molar-refractivity contribution is 9.10. The van der Waals surface area contributed by atoms with Crippen molar-refractivity contribution in [3.63, 3.8) is 0 Å². The van der Waals surface area contributed by atoms with Gasteiger partial charge in [-0.3, -0.25) is 9.59 Å². The Morgan fingerprint density at radius 2 is 1.86 bits per heavy atom. The molecule has 4 nitrogen and oxygen atoms in total. The number of nitrogens with one attached hydrogen (secondary N) is 2. The highest BCUT2D eigenvalue weighted by Gasteiger charge is 2.17. The number of carbonyl (C=O) groups excluding carboxylic acids is 2. The van der Waals surface area contributed by atoms with Crippen molar-refractivity contribution in [3.8, 4) is 0 Å². The van der Waals surface area contributed by atoms with Crippen LogP contribution in [0.3, 0.4) is 0 Å². The average Bonchev–Trinajstić information content (AvgIpc) is 3.02. The number of carbonyl (C=O) groups is 2. The molecule has 0 aliphatic rings. The third-order valence-corrected chi connectivity index (χ3v) is 5.94. The van der Waals surface area contributed by atoms with Gasteiger partial charge in [-0.1, -0.05) is 27.5 Å². The molecule has 2 N–H and O–H groups in total. The topological polar surface area (TPSA) is 58.2 Å². The van der Waals surface area contributed by atoms with Crippen LogP contribution in [0.2, 0.25) is 5.02 Å². The summed E-state index contributed by atoms with van der Waals surface area (Å²) in [5.41, 5.74) is 1.12. The van der Waals surface area contributed by atoms with Crippen LogP contribution >= 0.6 is 38.9 Å². The number of anilines is 1. The Balaban J connectivity index is 1.70. The molecule has 3 aromatic rings. The summed E-state index contributed by atoms with van der Waals surface area (Å²) in [6.45, 7) is 1.75. The molecule has 2 aromatic carbocycles. The normalized spacial score (nSPS) is 10.7. The van der Waals surface area contributed by atoms with E-state index < -0.39 is 17.5 Å². The molecule has 0 saturated heterocycles. The van der Waals surface area contributed by atoms with Crippen LogP contribution < -0.4 is 10.6 Å². The molecule has 1 heterocycles. The summed E-state index contributed by atoms with van der Waals surface area (Å²) in [6, 6.07) is 9.61. The Morgan fingerprint density at radius 1 is 1.10 bits per heavy atom. The molecule has 0 atom stereocenters. The number of amides is 2. The van der Waals surface area contributed by atoms with Crippen LogP contribution in [0.15, 0.2) is 46.9 Å². The number of benzene rings is 2. The predicted octanol–water partition coefficient (Wildman–Crippen LogP) is 5.93. The summed E-state index contributed by atoms with van der Waals surface area (Å²) in [5, 5.41) is 5.75. The maximum absolute atomic E-state index is 13.8. The third-order valence-electron chi connectivity index (χ3n) is 3.98. The molecule has 150 valence electrons. The van der Waals surface area contributed by atoms with E-state index in [0.29, 0.717) is 25.5 Å². The molecular formula is C20H14BrClF2N2O2S. The van der Waals surface area contributed by atoms with Gasteiger partial charge in [0.2, 0.25) is 0 Å². The molecule has 0 aliphatic carbocycles. The van der Waals surface area contributed by atoms with Crippen molar-refractivity contribution in [1.82, 2.24) is 5.32 Å². The third kappa shape index (κ3) is 5.20. The minimum Gasteiger partial charge on any atom is -0.347 e. The number of halogens is 4. The van der Waals surface area contributed by atoms with E-state index in [-0.39, 0.29) is 23.0 Å². The molecule has 0 unspecified atom stereocenters. The smallest absolute Gasteiger partial charge is 0.261 e. The van der Waals surface area contributed by atoms with Crippen molar-refractivity contribution in [1.29, 1.82) is 0 Å². The van der Waals surface area contributed by atoms with Gasteiger partial charge >= 0.3 is 0 Å². The van der Waals surface area contributed by atoms with Gasteiger partial charge in [-0.2, -0.15) is 0 Å². The number of thiophene rings is 1. The zero-order chi connectivity index (χ0) is 21.1. The molecule has 0 bridgehead atoms. The fraction of sp³-hybridized carbons (Fsp3) is 0.100. The Bertz CT molecular complexity index is 1100. The van der Waals surface area contributed by atoms with E-state index in [2.05, 4.69) is 26.6 Å². The van der Waals surface area contributed by atoms with Gasteiger partial charge in [0.1, 0.15) is 11.6 Å². The van der Waals surface area contributed by atoms with E-state index in [1.54, 1.807) is 25.1 Å². The molecule has 1 aromatic heterocycles. The van der Waals surface area contributed by atoms with Gasteiger partial charge in [0, 0.05) is 16.6 Å². The zero-order valence-electron chi connectivity index (χ0n) is 15.0. The molecule has 0 spiro atoms. The van der Waals surface area contributed by atoms with Gasteiger partial charge in [-0.05, 0) is 55.0 Å². The summed E-state index contributed by atoms with van der Waals surface area (Å²) in [4.78, 5) is 25.2. The lowest BCUT2D eigenvalue weighted by molar-refractivity contribution is 0.0953. The molecule has 9 heteroatoms. The first-order valence-corrected chi connectivity index (χ1v) is 10.3. The van der Waals surface area contributed by atoms with Crippen LogP contribution in [0.25, 0.3) is 0 Å². The lowest BCUT2D eigenvalue weighted by Gasteiger charge is -2.06. The van der Waals surface area contributed by atoms with Crippen molar-refractivity contribution in [2.45, 2.75) is 13.5 Å². The minimum absolute atomic E-state index is 0.00945. The Hall–Kier alpha value is -2.29. The van der Waals surface area contributed by atoms with Gasteiger partial charge in [-0.25, -0.2) is 8.78 Å². The fourth-order valence-electron chi connectivity index (χ4n) is 2.56. The maximum Gasteiger partial charge on any atom is 0.261 e. The van der Waals surface area contributed by atoms with Gasteiger partial charge in [0.15, 0.2) is 0 Å². The number of aryl methyl sites for hydroxylation is 1. The fourth-order valence-corrected chi connectivity index (χ4v) is 4.20. The van der Waals surface area contributed by atoms with E-state index in [0.717, 1.165) is 23.5 Å². The largest absolute Gasteiger partial charge is 0.347 e. The standard InChI is InChI=1S/C20H14BrClF2N2O2S/c1-10-6-17(26-19(27)14-4-3-13(23)8-15(14)22)29-18(10)20(28)25-9-11-7-12(21)2-5-16(11)24/h2-8H,9H2,1H3,(H,25,28)(H,26,27). The van der Waals surface area contributed by atoms with Crippen molar-refractivity contribution in [3.05, 3.63) is 85.2 Å². The predicted molar refractivity (Wildman–Crippen MR) is 114 cm³/mol. The van der Waals surface area contributed by atoms with Crippen molar-refractivity contribution in [2.24, 2.45) is 0 Å². The van der Waals surface area contributed by atoms with Crippen molar-refractivity contribution >= 4 is 55.7 Å². The van der Waals surface area contributed by atoms with Crippen LogP contribution in [-0.4, -0.2) is 11.8 Å². The molecule has 0 saturated carbocycles. The zero-order valence-corrected chi connectivity index (χ0v) is 18.1. The van der Waals surface area contributed by atoms with Crippen LogP contribution in [-0.2, 0) is 6.54 Å². The molecule has 0 aliphatic heterocycles. The van der Waals surface area contributed by atoms with Gasteiger partial charge in [-0.15, -0.1) is 11.3 Å². The van der Waals surface area contributed by atoms with Crippen LogP contribution in [0.1, 0.15) is 31.2 Å². The van der Waals surface area contributed by atoms with E-state index in [4.69, 9.17) is 11.6 Å². The molecule has 3 rings (SSSR count). The molecular weight excluding hydrogens is 486 g/mol. The van der Waals surface area contributed by atoms with Crippen LogP contribution in [0.5, 0.6) is 0 Å². The lowest BCUT2D eigenvalue weighted by atomic mass is 10.2. The molecule has 0 fully saturated rings. The molecule has 0 radical (unpaired) electrons. The highest BCUT2D eigenvalue weighted by Crippen LogP contribution is 2.28. The van der Waals surface area contributed by atoms with E-state index in [1.165, 1.54) is 12.1 Å². The lowest BCUT2D eigenvalue weighted by Crippen LogP contribution is -2.23. The molecule has 2 amide bonds. The monoisotopic (exact) mass is 498 g/mol. The Kier molecular flexibility index (Phi) is 6.66. The minimum atomic E-state index is -0.542. The quantitative estimate of drug-likeness (QED) is 0.457. The van der Waals surface area contributed by atoms with Crippen LogP contribution in [0.4, 0.5) is 13.8 Å². The van der Waals surface area contributed by atoms with Gasteiger partial charge in [0.05, 0.1) is 20.5 Å². The van der Waals surface area contributed by atoms with E-state index >= 15 is 0 Å². The Labute approximate surface area is 183 Å².